The normalized spacial score (nSPS) is 12.5. The van der Waals surface area contributed by atoms with Crippen LogP contribution in [0.3, 0.4) is 0 Å². The summed E-state index contributed by atoms with van der Waals surface area (Å²) >= 11 is 14.5. The van der Waals surface area contributed by atoms with E-state index in [9.17, 15) is 4.79 Å². The van der Waals surface area contributed by atoms with Crippen LogP contribution in [0, 0.1) is 0 Å². The molecule has 0 bridgehead atoms. The standard InChI is InChI=1S/C9H7BrCl2O/c10-8(5-11)9(13)6-2-1-3-7(12)4-6/h1-4,8H,5H2. The molecule has 13 heavy (non-hydrogen) atoms. The molecule has 0 aliphatic heterocycles. The molecule has 0 spiro atoms. The molecule has 70 valence electrons. The minimum absolute atomic E-state index is 0.0440. The van der Waals surface area contributed by atoms with Crippen molar-refractivity contribution in [2.24, 2.45) is 0 Å². The van der Waals surface area contributed by atoms with Crippen LogP contribution in [0.4, 0.5) is 0 Å². The third-order valence-electron chi connectivity index (χ3n) is 1.53. The molecule has 0 amide bonds. The highest BCUT2D eigenvalue weighted by Gasteiger charge is 2.15. The quantitative estimate of drug-likeness (QED) is 0.612. The fourth-order valence-electron chi connectivity index (χ4n) is 0.893. The summed E-state index contributed by atoms with van der Waals surface area (Å²) < 4.78 is 0. The molecule has 0 N–H and O–H groups in total. The van der Waals surface area contributed by atoms with Crippen molar-refractivity contribution in [1.29, 1.82) is 0 Å². The molecule has 1 unspecified atom stereocenters. The Morgan fingerprint density at radius 3 is 2.77 bits per heavy atom. The van der Waals surface area contributed by atoms with Crippen LogP contribution in [0.25, 0.3) is 0 Å². The lowest BCUT2D eigenvalue weighted by Gasteiger charge is -2.04. The van der Waals surface area contributed by atoms with Gasteiger partial charge in [-0.15, -0.1) is 11.6 Å². The summed E-state index contributed by atoms with van der Waals surface area (Å²) in [6, 6.07) is 6.81. The first kappa shape index (κ1) is 11.0. The molecule has 0 saturated heterocycles. The second kappa shape index (κ2) is 4.99. The summed E-state index contributed by atoms with van der Waals surface area (Å²) in [6.07, 6.45) is 0. The predicted molar refractivity (Wildman–Crippen MR) is 59.2 cm³/mol. The molecular weight excluding hydrogens is 275 g/mol. The van der Waals surface area contributed by atoms with Gasteiger partial charge in [0.2, 0.25) is 0 Å². The molecule has 1 aromatic carbocycles. The van der Waals surface area contributed by atoms with Gasteiger partial charge in [0, 0.05) is 16.5 Å². The number of hydrogen-bond acceptors (Lipinski definition) is 1. The molecule has 0 heterocycles. The number of benzene rings is 1. The maximum Gasteiger partial charge on any atom is 0.177 e. The van der Waals surface area contributed by atoms with Gasteiger partial charge in [-0.05, 0) is 12.1 Å². The van der Waals surface area contributed by atoms with Gasteiger partial charge in [-0.25, -0.2) is 0 Å². The van der Waals surface area contributed by atoms with E-state index in [4.69, 9.17) is 23.2 Å². The average Bonchev–Trinajstić information content (AvgIpc) is 2.15. The molecule has 0 aromatic heterocycles. The number of ketones is 1. The van der Waals surface area contributed by atoms with Crippen molar-refractivity contribution >= 4 is 44.9 Å². The lowest BCUT2D eigenvalue weighted by Crippen LogP contribution is -2.15. The monoisotopic (exact) mass is 280 g/mol. The third-order valence-corrected chi connectivity index (χ3v) is 3.19. The van der Waals surface area contributed by atoms with Gasteiger partial charge in [0.05, 0.1) is 4.83 Å². The van der Waals surface area contributed by atoms with E-state index >= 15 is 0 Å². The van der Waals surface area contributed by atoms with E-state index in [0.29, 0.717) is 10.6 Å². The number of hydrogen-bond donors (Lipinski definition) is 0. The van der Waals surface area contributed by atoms with Gasteiger partial charge in [0.1, 0.15) is 0 Å². The van der Waals surface area contributed by atoms with Crippen molar-refractivity contribution < 1.29 is 4.79 Å². The van der Waals surface area contributed by atoms with Gasteiger partial charge >= 0.3 is 0 Å². The highest BCUT2D eigenvalue weighted by Crippen LogP contribution is 2.15. The van der Waals surface area contributed by atoms with E-state index in [-0.39, 0.29) is 16.5 Å². The Morgan fingerprint density at radius 2 is 2.23 bits per heavy atom. The number of rotatable bonds is 3. The second-order valence-corrected chi connectivity index (χ2v) is 4.35. The Hall–Kier alpha value is -0.0500. The Bertz CT molecular complexity index is 314. The molecule has 4 heteroatoms. The van der Waals surface area contributed by atoms with Crippen molar-refractivity contribution in [2.45, 2.75) is 4.83 Å². The maximum absolute atomic E-state index is 11.5. The van der Waals surface area contributed by atoms with Gasteiger partial charge in [0.25, 0.3) is 0 Å². The van der Waals surface area contributed by atoms with Crippen LogP contribution in [0.15, 0.2) is 24.3 Å². The lowest BCUT2D eigenvalue weighted by molar-refractivity contribution is 0.0997. The second-order valence-electron chi connectivity index (χ2n) is 2.50. The average molecular weight is 282 g/mol. The van der Waals surface area contributed by atoms with E-state index in [1.807, 2.05) is 0 Å². The van der Waals surface area contributed by atoms with E-state index < -0.39 is 0 Å². The van der Waals surface area contributed by atoms with E-state index in [2.05, 4.69) is 15.9 Å². The van der Waals surface area contributed by atoms with Crippen LogP contribution in [0.2, 0.25) is 5.02 Å². The molecule has 0 fully saturated rings. The first-order valence-electron chi connectivity index (χ1n) is 3.65. The Labute approximate surface area is 95.2 Å². The number of carbonyl (C=O) groups is 1. The number of Topliss-reactive ketones (excluding diaryl/α,β-unsaturated/α-hetero) is 1. The molecule has 1 rings (SSSR count). The summed E-state index contributed by atoms with van der Waals surface area (Å²) in [5.41, 5.74) is 0.579. The molecule has 0 saturated carbocycles. The van der Waals surface area contributed by atoms with Crippen LogP contribution in [-0.4, -0.2) is 16.5 Å². The maximum atomic E-state index is 11.5. The molecule has 1 atom stereocenters. The highest BCUT2D eigenvalue weighted by molar-refractivity contribution is 9.10. The fourth-order valence-corrected chi connectivity index (χ4v) is 1.49. The van der Waals surface area contributed by atoms with Crippen LogP contribution >= 0.6 is 39.1 Å². The topological polar surface area (TPSA) is 17.1 Å². The van der Waals surface area contributed by atoms with Crippen molar-refractivity contribution in [3.05, 3.63) is 34.9 Å². The molecule has 0 radical (unpaired) electrons. The van der Waals surface area contributed by atoms with Gasteiger partial charge in [-0.2, -0.15) is 0 Å². The lowest BCUT2D eigenvalue weighted by atomic mass is 10.1. The zero-order valence-electron chi connectivity index (χ0n) is 6.64. The molecule has 1 nitrogen and oxygen atoms in total. The van der Waals surface area contributed by atoms with Crippen molar-refractivity contribution in [1.82, 2.24) is 0 Å². The molecule has 1 aromatic rings. The van der Waals surface area contributed by atoms with Crippen molar-refractivity contribution in [2.75, 3.05) is 5.88 Å². The number of alkyl halides is 2. The zero-order chi connectivity index (χ0) is 9.84. The minimum atomic E-state index is -0.340. The summed E-state index contributed by atoms with van der Waals surface area (Å²) in [5, 5.41) is 0.556. The SMILES string of the molecule is O=C(c1cccc(Cl)c1)C(Br)CCl. The van der Waals surface area contributed by atoms with Crippen molar-refractivity contribution in [3.8, 4) is 0 Å². The summed E-state index contributed by atoms with van der Waals surface area (Å²) in [6.45, 7) is 0. The minimum Gasteiger partial charge on any atom is -0.293 e. The summed E-state index contributed by atoms with van der Waals surface area (Å²) in [5.74, 6) is 0.211. The first-order valence-corrected chi connectivity index (χ1v) is 5.48. The van der Waals surface area contributed by atoms with Crippen molar-refractivity contribution in [3.63, 3.8) is 0 Å². The fraction of sp³-hybridized carbons (Fsp3) is 0.222. The van der Waals surface area contributed by atoms with Gasteiger partial charge in [0.15, 0.2) is 5.78 Å². The van der Waals surface area contributed by atoms with Crippen LogP contribution in [0.1, 0.15) is 10.4 Å². The zero-order valence-corrected chi connectivity index (χ0v) is 9.73. The Morgan fingerprint density at radius 1 is 1.54 bits per heavy atom. The van der Waals surface area contributed by atoms with Crippen LogP contribution < -0.4 is 0 Å². The molecule has 0 aliphatic rings. The van der Waals surface area contributed by atoms with Gasteiger partial charge in [-0.3, -0.25) is 4.79 Å². The van der Waals surface area contributed by atoms with E-state index in [1.165, 1.54) is 0 Å². The van der Waals surface area contributed by atoms with E-state index in [0.717, 1.165) is 0 Å². The number of carbonyl (C=O) groups excluding carboxylic acids is 1. The van der Waals surface area contributed by atoms with E-state index in [1.54, 1.807) is 24.3 Å². The first-order chi connectivity index (χ1) is 6.15. The number of halogens is 3. The van der Waals surface area contributed by atoms with Crippen LogP contribution in [0.5, 0.6) is 0 Å². The summed E-state index contributed by atoms with van der Waals surface area (Å²) in [4.78, 5) is 11.2. The molecule has 0 aliphatic carbocycles. The Kier molecular flexibility index (Phi) is 4.23. The Balaban J connectivity index is 2.89. The smallest absolute Gasteiger partial charge is 0.177 e. The van der Waals surface area contributed by atoms with Crippen LogP contribution in [-0.2, 0) is 0 Å². The predicted octanol–water partition coefficient (Wildman–Crippen LogP) is 3.53. The third kappa shape index (κ3) is 2.97. The summed E-state index contributed by atoms with van der Waals surface area (Å²) in [7, 11) is 0. The highest BCUT2D eigenvalue weighted by atomic mass is 79.9. The largest absolute Gasteiger partial charge is 0.293 e. The van der Waals surface area contributed by atoms with Gasteiger partial charge in [-0.1, -0.05) is 39.7 Å². The van der Waals surface area contributed by atoms with Gasteiger partial charge < -0.3 is 0 Å². The molecular formula is C9H7BrCl2O.